The maximum absolute atomic E-state index is 12.8. The third-order valence-corrected chi connectivity index (χ3v) is 7.78. The van der Waals surface area contributed by atoms with Crippen molar-refractivity contribution >= 4 is 69.5 Å². The zero-order valence-corrected chi connectivity index (χ0v) is 20.8. The van der Waals surface area contributed by atoms with Crippen molar-refractivity contribution in [3.8, 4) is 5.75 Å². The number of hydrogen-bond acceptors (Lipinski definition) is 6. The van der Waals surface area contributed by atoms with Gasteiger partial charge in [0.1, 0.15) is 14.6 Å². The molecule has 2 saturated heterocycles. The van der Waals surface area contributed by atoms with Crippen LogP contribution >= 0.6 is 47.2 Å². The Labute approximate surface area is 207 Å². The van der Waals surface area contributed by atoms with Crippen LogP contribution in [0.1, 0.15) is 32.3 Å². The largest absolute Gasteiger partial charge is 0.426 e. The standard InChI is InChI=1S/C23H23Cl2NO4S2/c1-23(2)16(11-18(24)25)19(23)21(28)30-14-7-5-13(6-8-14)10-17-20(27)26(22(31)32-17)12-15-4-3-9-29-15/h5-8,10-11,15-16,19H,3-4,9,12H2,1-2H3/b17-10-/t15-,16-,19+/m1/s1. The van der Waals surface area contributed by atoms with Crippen LogP contribution in [0.2, 0.25) is 0 Å². The molecular weight excluding hydrogens is 489 g/mol. The number of thiocarbonyl (C=S) groups is 1. The first-order valence-corrected chi connectivity index (χ1v) is 12.4. The molecule has 0 unspecified atom stereocenters. The molecule has 0 aromatic heterocycles. The Bertz CT molecular complexity index is 996. The number of carbonyl (C=O) groups excluding carboxylic acids is 2. The molecule has 3 aliphatic rings. The molecule has 3 fully saturated rings. The predicted octanol–water partition coefficient (Wildman–Crippen LogP) is 5.56. The zero-order valence-electron chi connectivity index (χ0n) is 17.7. The van der Waals surface area contributed by atoms with Crippen LogP contribution in [0.15, 0.2) is 39.7 Å². The molecule has 1 aromatic carbocycles. The van der Waals surface area contributed by atoms with Crippen molar-refractivity contribution in [2.75, 3.05) is 13.2 Å². The van der Waals surface area contributed by atoms with Crippen molar-refractivity contribution in [1.29, 1.82) is 0 Å². The number of amides is 1. The minimum absolute atomic E-state index is 0.0455. The molecule has 1 aromatic rings. The number of ether oxygens (including phenoxy) is 2. The fourth-order valence-corrected chi connectivity index (χ4v) is 5.73. The molecule has 0 radical (unpaired) electrons. The number of halogens is 2. The van der Waals surface area contributed by atoms with Gasteiger partial charge >= 0.3 is 5.97 Å². The van der Waals surface area contributed by atoms with E-state index < -0.39 is 0 Å². The number of allylic oxidation sites excluding steroid dienone is 1. The van der Waals surface area contributed by atoms with E-state index in [0.717, 1.165) is 25.0 Å². The number of nitrogens with zero attached hydrogens (tertiary/aromatic N) is 1. The Morgan fingerprint density at radius 2 is 2.06 bits per heavy atom. The molecule has 1 aliphatic carbocycles. The Kier molecular flexibility index (Phi) is 7.03. The van der Waals surface area contributed by atoms with Crippen LogP contribution < -0.4 is 4.74 Å². The second kappa shape index (κ2) is 9.47. The molecular formula is C23H23Cl2NO4S2. The van der Waals surface area contributed by atoms with Gasteiger partial charge in [-0.25, -0.2) is 0 Å². The lowest BCUT2D eigenvalue weighted by Gasteiger charge is -2.18. The summed E-state index contributed by atoms with van der Waals surface area (Å²) in [7, 11) is 0. The van der Waals surface area contributed by atoms with Gasteiger partial charge in [0.2, 0.25) is 0 Å². The SMILES string of the molecule is CC1(C)[C@H](C=C(Cl)Cl)[C@H]1C(=O)Oc1ccc(/C=C2\SC(=S)N(C[C@H]3CCCO3)C2=O)cc1. The molecule has 2 aliphatic heterocycles. The second-order valence-corrected chi connectivity index (χ2v) is 11.4. The lowest BCUT2D eigenvalue weighted by atomic mass is 10.1. The van der Waals surface area contributed by atoms with Crippen LogP contribution in [-0.4, -0.2) is 40.4 Å². The molecule has 32 heavy (non-hydrogen) atoms. The maximum Gasteiger partial charge on any atom is 0.315 e. The van der Waals surface area contributed by atoms with Crippen LogP contribution in [0.5, 0.6) is 5.75 Å². The van der Waals surface area contributed by atoms with E-state index in [1.165, 1.54) is 11.8 Å². The van der Waals surface area contributed by atoms with Gasteiger partial charge in [-0.15, -0.1) is 0 Å². The van der Waals surface area contributed by atoms with Crippen LogP contribution in [0.25, 0.3) is 6.08 Å². The van der Waals surface area contributed by atoms with Crippen molar-refractivity contribution in [2.45, 2.75) is 32.8 Å². The van der Waals surface area contributed by atoms with Crippen LogP contribution in [0.4, 0.5) is 0 Å². The normalized spacial score (nSPS) is 27.7. The Balaban J connectivity index is 1.38. The molecule has 0 spiro atoms. The highest BCUT2D eigenvalue weighted by molar-refractivity contribution is 8.26. The molecule has 2 heterocycles. The van der Waals surface area contributed by atoms with Gasteiger partial charge in [-0.2, -0.15) is 0 Å². The van der Waals surface area contributed by atoms with E-state index in [-0.39, 0.29) is 39.7 Å². The topological polar surface area (TPSA) is 55.8 Å². The van der Waals surface area contributed by atoms with E-state index in [1.54, 1.807) is 41.3 Å². The van der Waals surface area contributed by atoms with E-state index >= 15 is 0 Å². The number of benzene rings is 1. The van der Waals surface area contributed by atoms with Gasteiger partial charge in [-0.05, 0) is 54.0 Å². The molecule has 0 N–H and O–H groups in total. The minimum Gasteiger partial charge on any atom is -0.426 e. The van der Waals surface area contributed by atoms with Crippen molar-refractivity contribution < 1.29 is 19.1 Å². The van der Waals surface area contributed by atoms with Crippen molar-refractivity contribution in [3.63, 3.8) is 0 Å². The van der Waals surface area contributed by atoms with Crippen LogP contribution in [0, 0.1) is 17.3 Å². The molecule has 9 heteroatoms. The predicted molar refractivity (Wildman–Crippen MR) is 131 cm³/mol. The number of hydrogen-bond donors (Lipinski definition) is 0. The first kappa shape index (κ1) is 23.8. The first-order valence-electron chi connectivity index (χ1n) is 10.4. The van der Waals surface area contributed by atoms with E-state index in [2.05, 4.69) is 0 Å². The zero-order chi connectivity index (χ0) is 23.0. The van der Waals surface area contributed by atoms with Crippen molar-refractivity contribution in [1.82, 2.24) is 4.90 Å². The molecule has 3 atom stereocenters. The Morgan fingerprint density at radius 1 is 1.34 bits per heavy atom. The second-order valence-electron chi connectivity index (χ2n) is 8.70. The lowest BCUT2D eigenvalue weighted by molar-refractivity contribution is -0.136. The number of carbonyl (C=O) groups is 2. The third-order valence-electron chi connectivity index (χ3n) is 6.15. The van der Waals surface area contributed by atoms with Crippen LogP contribution in [-0.2, 0) is 14.3 Å². The average molecular weight is 512 g/mol. The van der Waals surface area contributed by atoms with Gasteiger partial charge in [0.25, 0.3) is 5.91 Å². The monoisotopic (exact) mass is 511 g/mol. The van der Waals surface area contributed by atoms with E-state index in [1.807, 2.05) is 13.8 Å². The molecule has 1 saturated carbocycles. The lowest BCUT2D eigenvalue weighted by Crippen LogP contribution is -2.35. The first-order chi connectivity index (χ1) is 15.2. The van der Waals surface area contributed by atoms with Gasteiger partial charge in [-0.1, -0.05) is 73.2 Å². The molecule has 1 amide bonds. The van der Waals surface area contributed by atoms with E-state index in [4.69, 9.17) is 44.9 Å². The van der Waals surface area contributed by atoms with E-state index in [0.29, 0.717) is 21.5 Å². The van der Waals surface area contributed by atoms with Gasteiger partial charge < -0.3 is 9.47 Å². The summed E-state index contributed by atoms with van der Waals surface area (Å²) < 4.78 is 11.9. The van der Waals surface area contributed by atoms with Gasteiger partial charge in [-0.3, -0.25) is 14.5 Å². The molecule has 170 valence electrons. The van der Waals surface area contributed by atoms with Gasteiger partial charge in [0.05, 0.1) is 23.5 Å². The maximum atomic E-state index is 12.8. The Morgan fingerprint density at radius 3 is 2.69 bits per heavy atom. The summed E-state index contributed by atoms with van der Waals surface area (Å²) in [5.41, 5.74) is 0.577. The number of rotatable bonds is 6. The van der Waals surface area contributed by atoms with Gasteiger partial charge in [0, 0.05) is 6.61 Å². The van der Waals surface area contributed by atoms with Crippen molar-refractivity contribution in [3.05, 3.63) is 45.3 Å². The summed E-state index contributed by atoms with van der Waals surface area (Å²) >= 11 is 18.2. The molecule has 0 bridgehead atoms. The highest BCUT2D eigenvalue weighted by Crippen LogP contribution is 2.60. The number of thioether (sulfide) groups is 1. The fraction of sp³-hybridized carbons (Fsp3) is 0.435. The smallest absolute Gasteiger partial charge is 0.315 e. The summed E-state index contributed by atoms with van der Waals surface area (Å²) in [6.07, 6.45) is 5.51. The molecule has 5 nitrogen and oxygen atoms in total. The summed E-state index contributed by atoms with van der Waals surface area (Å²) in [6.45, 7) is 5.20. The highest BCUT2D eigenvalue weighted by Gasteiger charge is 2.61. The summed E-state index contributed by atoms with van der Waals surface area (Å²) in [4.78, 5) is 27.5. The van der Waals surface area contributed by atoms with Crippen molar-refractivity contribution in [2.24, 2.45) is 17.3 Å². The third kappa shape index (κ3) is 5.07. The average Bonchev–Trinajstić information content (AvgIpc) is 3.07. The molecule has 4 rings (SSSR count). The van der Waals surface area contributed by atoms with E-state index in [9.17, 15) is 9.59 Å². The van der Waals surface area contributed by atoms with Gasteiger partial charge in [0.15, 0.2) is 0 Å². The number of esters is 1. The fourth-order valence-electron chi connectivity index (χ4n) is 4.19. The summed E-state index contributed by atoms with van der Waals surface area (Å²) in [5.74, 6) is -0.302. The Hall–Kier alpha value is -1.38. The highest BCUT2D eigenvalue weighted by atomic mass is 35.5. The minimum atomic E-state index is -0.311. The summed E-state index contributed by atoms with van der Waals surface area (Å²) in [6, 6.07) is 7.04. The summed E-state index contributed by atoms with van der Waals surface area (Å²) in [5, 5.41) is 0. The quantitative estimate of drug-likeness (QED) is 0.215. The van der Waals surface area contributed by atoms with Crippen LogP contribution in [0.3, 0.4) is 0 Å².